The van der Waals surface area contributed by atoms with Crippen LogP contribution >= 0.6 is 0 Å². The van der Waals surface area contributed by atoms with E-state index in [-0.39, 0.29) is 12.5 Å². The van der Waals surface area contributed by atoms with E-state index in [4.69, 9.17) is 9.72 Å². The van der Waals surface area contributed by atoms with Gasteiger partial charge in [0.25, 0.3) is 5.91 Å². The third kappa shape index (κ3) is 5.28. The minimum absolute atomic E-state index is 0.0617. The molecule has 4 aromatic rings. The van der Waals surface area contributed by atoms with E-state index in [2.05, 4.69) is 22.0 Å². The predicted molar refractivity (Wildman–Crippen MR) is 138 cm³/mol. The van der Waals surface area contributed by atoms with Gasteiger partial charge < -0.3 is 19.7 Å². The number of aliphatic hydroxyl groups is 1. The van der Waals surface area contributed by atoms with Crippen molar-refractivity contribution in [2.24, 2.45) is 0 Å². The highest BCUT2D eigenvalue weighted by molar-refractivity contribution is 6.06. The Morgan fingerprint density at radius 1 is 1.03 bits per heavy atom. The first kappa shape index (κ1) is 22.9. The number of hydrogen-bond acceptors (Lipinski definition) is 4. The summed E-state index contributed by atoms with van der Waals surface area (Å²) < 4.78 is 8.07. The molecule has 0 fully saturated rings. The third-order valence-corrected chi connectivity index (χ3v) is 6.31. The van der Waals surface area contributed by atoms with Gasteiger partial charge >= 0.3 is 0 Å². The van der Waals surface area contributed by atoms with Crippen LogP contribution in [0.4, 0.5) is 5.69 Å². The number of allylic oxidation sites excluding steroid dienone is 2. The number of amides is 1. The van der Waals surface area contributed by atoms with Gasteiger partial charge in [0.2, 0.25) is 0 Å². The number of nitrogens with one attached hydrogen (secondary N) is 1. The summed E-state index contributed by atoms with van der Waals surface area (Å²) >= 11 is 0. The summed E-state index contributed by atoms with van der Waals surface area (Å²) in [5.74, 6) is 1.53. The highest BCUT2D eigenvalue weighted by atomic mass is 16.5. The number of aliphatic hydroxyl groups excluding tert-OH is 1. The topological polar surface area (TPSA) is 76.4 Å². The Labute approximate surface area is 204 Å². The van der Waals surface area contributed by atoms with Crippen molar-refractivity contribution in [2.45, 2.75) is 37.8 Å². The van der Waals surface area contributed by atoms with Gasteiger partial charge in [-0.1, -0.05) is 54.6 Å². The summed E-state index contributed by atoms with van der Waals surface area (Å²) in [6.45, 7) is 0.431. The largest absolute Gasteiger partial charge is 0.490 e. The van der Waals surface area contributed by atoms with Crippen molar-refractivity contribution in [3.63, 3.8) is 0 Å². The van der Waals surface area contributed by atoms with E-state index < -0.39 is 6.10 Å². The first-order chi connectivity index (χ1) is 17.2. The Kier molecular flexibility index (Phi) is 6.91. The number of aromatic nitrogens is 2. The zero-order valence-corrected chi connectivity index (χ0v) is 19.5. The second kappa shape index (κ2) is 10.6. The monoisotopic (exact) mass is 467 g/mol. The van der Waals surface area contributed by atoms with Crippen molar-refractivity contribution >= 4 is 22.6 Å². The van der Waals surface area contributed by atoms with Crippen molar-refractivity contribution in [3.05, 3.63) is 102 Å². The molecule has 1 amide bonds. The van der Waals surface area contributed by atoms with Gasteiger partial charge in [-0.2, -0.15) is 0 Å². The average molecular weight is 468 g/mol. The minimum Gasteiger partial charge on any atom is -0.490 e. The number of carbonyl (C=O) groups excluding carboxylic acids is 1. The molecule has 0 unspecified atom stereocenters. The molecule has 0 aliphatic heterocycles. The van der Waals surface area contributed by atoms with Gasteiger partial charge in [-0.3, -0.25) is 4.79 Å². The minimum atomic E-state index is -0.768. The zero-order valence-electron chi connectivity index (χ0n) is 19.5. The fourth-order valence-electron chi connectivity index (χ4n) is 4.58. The molecule has 5 rings (SSSR count). The van der Waals surface area contributed by atoms with E-state index in [1.165, 1.54) is 0 Å². The summed E-state index contributed by atoms with van der Waals surface area (Å²) in [5.41, 5.74) is 3.09. The first-order valence-electron chi connectivity index (χ1n) is 12.1. The fourth-order valence-corrected chi connectivity index (χ4v) is 4.58. The smallest absolute Gasteiger partial charge is 0.259 e. The van der Waals surface area contributed by atoms with E-state index in [1.807, 2.05) is 60.7 Å². The molecule has 178 valence electrons. The van der Waals surface area contributed by atoms with E-state index >= 15 is 0 Å². The maximum absolute atomic E-state index is 12.8. The van der Waals surface area contributed by atoms with Crippen LogP contribution in [-0.2, 0) is 6.54 Å². The van der Waals surface area contributed by atoms with Gasteiger partial charge in [0, 0.05) is 11.6 Å². The predicted octanol–water partition coefficient (Wildman–Crippen LogP) is 5.55. The first-order valence-corrected chi connectivity index (χ1v) is 12.1. The highest BCUT2D eigenvalue weighted by Crippen LogP contribution is 2.31. The molecule has 2 N–H and O–H groups in total. The van der Waals surface area contributed by atoms with Gasteiger partial charge in [-0.25, -0.2) is 4.98 Å². The molecule has 6 nitrogen and oxygen atoms in total. The lowest BCUT2D eigenvalue weighted by Gasteiger charge is -2.21. The normalized spacial score (nSPS) is 16.2. The second-order valence-electron chi connectivity index (χ2n) is 8.83. The van der Waals surface area contributed by atoms with Gasteiger partial charge in [0.1, 0.15) is 24.3 Å². The molecular weight excluding hydrogens is 438 g/mol. The average Bonchev–Trinajstić information content (AvgIpc) is 3.27. The molecule has 0 spiro atoms. The van der Waals surface area contributed by atoms with Crippen LogP contribution in [0, 0.1) is 0 Å². The molecule has 0 saturated carbocycles. The van der Waals surface area contributed by atoms with Crippen molar-refractivity contribution in [1.29, 1.82) is 0 Å². The lowest BCUT2D eigenvalue weighted by molar-refractivity contribution is 0.0898. The highest BCUT2D eigenvalue weighted by Gasteiger charge is 2.22. The number of ether oxygens (including phenoxy) is 1. The van der Waals surface area contributed by atoms with E-state index in [9.17, 15) is 9.90 Å². The molecule has 0 bridgehead atoms. The number of fused-ring (bicyclic) bond motifs is 1. The van der Waals surface area contributed by atoms with Gasteiger partial charge in [-0.15, -0.1) is 0 Å². The molecule has 6 heteroatoms. The van der Waals surface area contributed by atoms with Crippen LogP contribution in [0.1, 0.15) is 41.4 Å². The maximum atomic E-state index is 12.8. The van der Waals surface area contributed by atoms with E-state index in [1.54, 1.807) is 18.2 Å². The van der Waals surface area contributed by atoms with Gasteiger partial charge in [0.15, 0.2) is 0 Å². The lowest BCUT2D eigenvalue weighted by Crippen LogP contribution is -2.26. The van der Waals surface area contributed by atoms with Crippen LogP contribution in [0.2, 0.25) is 0 Å². The van der Waals surface area contributed by atoms with Crippen molar-refractivity contribution in [3.8, 4) is 5.75 Å². The second-order valence-corrected chi connectivity index (χ2v) is 8.83. The maximum Gasteiger partial charge on any atom is 0.259 e. The molecule has 35 heavy (non-hydrogen) atoms. The number of imidazole rings is 1. The Bertz CT molecular complexity index is 1330. The van der Waals surface area contributed by atoms with Crippen molar-refractivity contribution < 1.29 is 14.6 Å². The Balaban J connectivity index is 1.30. The molecule has 1 heterocycles. The Morgan fingerprint density at radius 2 is 1.80 bits per heavy atom. The summed E-state index contributed by atoms with van der Waals surface area (Å²) in [7, 11) is 0. The van der Waals surface area contributed by atoms with E-state index in [0.717, 1.165) is 36.1 Å². The fraction of sp³-hybridized carbons (Fsp3) is 0.241. The Hall–Kier alpha value is -3.90. The molecule has 2 atom stereocenters. The summed E-state index contributed by atoms with van der Waals surface area (Å²) in [5, 5.41) is 13.8. The quantitative estimate of drug-likeness (QED) is 0.333. The number of anilines is 1. The third-order valence-electron chi connectivity index (χ3n) is 6.31. The van der Waals surface area contributed by atoms with Gasteiger partial charge in [0.05, 0.1) is 23.1 Å². The number of benzene rings is 3. The lowest BCUT2D eigenvalue weighted by atomic mass is 9.93. The number of para-hydroxylation sites is 4. The zero-order chi connectivity index (χ0) is 24.0. The van der Waals surface area contributed by atoms with Crippen LogP contribution in [0.3, 0.4) is 0 Å². The number of carbonyl (C=O) groups is 1. The molecule has 1 aromatic heterocycles. The van der Waals surface area contributed by atoms with Crippen LogP contribution in [-0.4, -0.2) is 33.3 Å². The molecule has 1 aliphatic carbocycles. The Morgan fingerprint density at radius 3 is 2.63 bits per heavy atom. The molecule has 0 saturated heterocycles. The molecular formula is C29H29N3O3. The van der Waals surface area contributed by atoms with Crippen LogP contribution in [0.15, 0.2) is 91.0 Å². The summed E-state index contributed by atoms with van der Waals surface area (Å²) in [6.07, 6.45) is 6.72. The molecule has 1 aliphatic rings. The summed E-state index contributed by atoms with van der Waals surface area (Å²) in [4.78, 5) is 17.7. The number of hydrogen-bond donors (Lipinski definition) is 2. The summed E-state index contributed by atoms with van der Waals surface area (Å²) in [6, 6.07) is 24.4. The molecule has 3 aromatic carbocycles. The van der Waals surface area contributed by atoms with Crippen LogP contribution in [0.25, 0.3) is 11.0 Å². The SMILES string of the molecule is O=C(Nc1ccccc1)c1ccccc1OC[C@@H](O)Cn1c([C@@H]2CC=CCC2)nc2ccccc21. The van der Waals surface area contributed by atoms with E-state index in [0.29, 0.717) is 29.5 Å². The molecule has 0 radical (unpaired) electrons. The number of rotatable bonds is 8. The van der Waals surface area contributed by atoms with Crippen LogP contribution in [0.5, 0.6) is 5.75 Å². The van der Waals surface area contributed by atoms with Crippen molar-refractivity contribution in [1.82, 2.24) is 9.55 Å². The van der Waals surface area contributed by atoms with Gasteiger partial charge in [-0.05, 0) is 55.7 Å². The van der Waals surface area contributed by atoms with Crippen molar-refractivity contribution in [2.75, 3.05) is 11.9 Å². The van der Waals surface area contributed by atoms with Crippen LogP contribution < -0.4 is 10.1 Å². The standard InChI is InChI=1S/C29H29N3O3/c33-23(19-32-26-17-9-8-16-25(26)31-28(32)21-11-3-1-4-12-21)20-35-27-18-10-7-15-24(27)29(34)30-22-13-5-2-6-14-22/h1-3,5-10,13-18,21,23,33H,4,11-12,19-20H2,(H,30,34)/t21-,23+/m1/s1. The number of nitrogens with zero attached hydrogens (tertiary/aromatic N) is 2.